The monoisotopic (exact) mass is 358 g/mol. The lowest BCUT2D eigenvalue weighted by Gasteiger charge is -2.13. The van der Waals surface area contributed by atoms with Crippen LogP contribution < -0.4 is 10.5 Å². The highest BCUT2D eigenvalue weighted by Crippen LogP contribution is 2.29. The number of hydrogen-bond donors (Lipinski definition) is 1. The van der Waals surface area contributed by atoms with Gasteiger partial charge in [0, 0.05) is 11.3 Å². The quantitative estimate of drug-likeness (QED) is 0.572. The summed E-state index contributed by atoms with van der Waals surface area (Å²) < 4.78 is 5.71. The van der Waals surface area contributed by atoms with Gasteiger partial charge in [-0.15, -0.1) is 0 Å². The number of nitrogen functional groups attached to an aromatic ring is 1. The molecule has 4 rings (SSSR count). The number of carbonyl (C=O) groups excluding carboxylic acids is 3. The Balaban J connectivity index is 1.64. The van der Waals surface area contributed by atoms with Crippen molar-refractivity contribution >= 4 is 23.4 Å². The van der Waals surface area contributed by atoms with Gasteiger partial charge in [0.25, 0.3) is 17.7 Å². The van der Waals surface area contributed by atoms with E-state index in [0.29, 0.717) is 16.4 Å². The van der Waals surface area contributed by atoms with Crippen molar-refractivity contribution in [1.82, 2.24) is 4.90 Å². The molecule has 3 aromatic carbocycles. The summed E-state index contributed by atoms with van der Waals surface area (Å²) in [5.41, 5.74) is 6.33. The molecule has 3 aromatic rings. The summed E-state index contributed by atoms with van der Waals surface area (Å²) in [6.45, 7) is 0. The largest absolute Gasteiger partial charge is 0.457 e. The number of anilines is 1. The molecule has 132 valence electrons. The van der Waals surface area contributed by atoms with Crippen molar-refractivity contribution in [3.05, 3.63) is 89.5 Å². The fraction of sp³-hybridized carbons (Fsp3) is 0. The van der Waals surface area contributed by atoms with E-state index in [4.69, 9.17) is 10.5 Å². The van der Waals surface area contributed by atoms with E-state index in [1.54, 1.807) is 30.3 Å². The van der Waals surface area contributed by atoms with Crippen molar-refractivity contribution in [2.75, 3.05) is 5.73 Å². The van der Waals surface area contributed by atoms with Crippen molar-refractivity contribution in [1.29, 1.82) is 0 Å². The van der Waals surface area contributed by atoms with Gasteiger partial charge in [-0.3, -0.25) is 14.4 Å². The fourth-order valence-corrected chi connectivity index (χ4v) is 2.94. The standard InChI is InChI=1S/C21H14N2O4/c22-17-11-5-10-16-18(17)21(26)23(20(16)25)19(24)13-6-4-9-15(12-13)27-14-7-2-1-3-8-14/h1-12H,22H2. The predicted octanol–water partition coefficient (Wildman–Crippen LogP) is 3.50. The number of nitrogens with two attached hydrogens (primary N) is 1. The molecule has 0 fully saturated rings. The van der Waals surface area contributed by atoms with E-state index in [0.717, 1.165) is 0 Å². The van der Waals surface area contributed by atoms with Crippen LogP contribution in [0.5, 0.6) is 11.5 Å². The summed E-state index contributed by atoms with van der Waals surface area (Å²) in [5.74, 6) is -1.09. The van der Waals surface area contributed by atoms with Crippen LogP contribution >= 0.6 is 0 Å². The van der Waals surface area contributed by atoms with E-state index in [2.05, 4.69) is 0 Å². The molecule has 0 unspecified atom stereocenters. The van der Waals surface area contributed by atoms with Gasteiger partial charge in [0.1, 0.15) is 11.5 Å². The summed E-state index contributed by atoms with van der Waals surface area (Å²) in [5, 5.41) is 0. The highest BCUT2D eigenvalue weighted by Gasteiger charge is 2.41. The number of benzene rings is 3. The van der Waals surface area contributed by atoms with Crippen molar-refractivity contribution in [3.8, 4) is 11.5 Å². The first kappa shape index (κ1) is 16.5. The Morgan fingerprint density at radius 2 is 1.52 bits per heavy atom. The molecule has 6 heteroatoms. The Kier molecular flexibility index (Phi) is 3.93. The Bertz CT molecular complexity index is 1080. The average Bonchev–Trinajstić information content (AvgIpc) is 2.94. The summed E-state index contributed by atoms with van der Waals surface area (Å²) in [7, 11) is 0. The van der Waals surface area contributed by atoms with Gasteiger partial charge in [-0.2, -0.15) is 0 Å². The van der Waals surface area contributed by atoms with E-state index < -0.39 is 17.7 Å². The zero-order valence-corrected chi connectivity index (χ0v) is 14.1. The number of amides is 3. The molecule has 27 heavy (non-hydrogen) atoms. The number of rotatable bonds is 3. The second-order valence-electron chi connectivity index (χ2n) is 5.96. The minimum atomic E-state index is -0.723. The number of fused-ring (bicyclic) bond motifs is 1. The molecule has 0 aromatic heterocycles. The molecule has 0 atom stereocenters. The third kappa shape index (κ3) is 2.83. The number of ether oxygens (including phenoxy) is 1. The molecule has 0 radical (unpaired) electrons. The van der Waals surface area contributed by atoms with E-state index in [-0.39, 0.29) is 22.4 Å². The minimum Gasteiger partial charge on any atom is -0.457 e. The van der Waals surface area contributed by atoms with Gasteiger partial charge >= 0.3 is 0 Å². The molecule has 1 aliphatic heterocycles. The summed E-state index contributed by atoms with van der Waals surface area (Å²) in [4.78, 5) is 38.6. The van der Waals surface area contributed by atoms with Crippen LogP contribution in [0, 0.1) is 0 Å². The summed E-state index contributed by atoms with van der Waals surface area (Å²) in [6.07, 6.45) is 0. The molecule has 0 saturated heterocycles. The third-order valence-corrected chi connectivity index (χ3v) is 4.21. The number of para-hydroxylation sites is 1. The first-order valence-electron chi connectivity index (χ1n) is 8.21. The van der Waals surface area contributed by atoms with Crippen molar-refractivity contribution in [2.24, 2.45) is 0 Å². The Morgan fingerprint density at radius 1 is 0.815 bits per heavy atom. The topological polar surface area (TPSA) is 89.7 Å². The van der Waals surface area contributed by atoms with Gasteiger partial charge < -0.3 is 10.5 Å². The highest BCUT2D eigenvalue weighted by atomic mass is 16.5. The van der Waals surface area contributed by atoms with Crippen LogP contribution in [-0.2, 0) is 0 Å². The predicted molar refractivity (Wildman–Crippen MR) is 98.6 cm³/mol. The molecule has 6 nitrogen and oxygen atoms in total. The molecule has 0 bridgehead atoms. The lowest BCUT2D eigenvalue weighted by atomic mass is 10.1. The number of imide groups is 3. The average molecular weight is 358 g/mol. The maximum Gasteiger partial charge on any atom is 0.270 e. The normalized spacial score (nSPS) is 12.8. The van der Waals surface area contributed by atoms with Gasteiger partial charge in [0.2, 0.25) is 0 Å². The molecule has 0 saturated carbocycles. The fourth-order valence-electron chi connectivity index (χ4n) is 2.94. The van der Waals surface area contributed by atoms with Crippen LogP contribution in [0.25, 0.3) is 0 Å². The molecule has 3 amide bonds. The van der Waals surface area contributed by atoms with E-state index in [1.165, 1.54) is 24.3 Å². The molecular formula is C21H14N2O4. The maximum absolute atomic E-state index is 12.8. The second kappa shape index (κ2) is 6.42. The molecule has 1 heterocycles. The van der Waals surface area contributed by atoms with Crippen LogP contribution in [0.3, 0.4) is 0 Å². The first-order valence-corrected chi connectivity index (χ1v) is 8.21. The Morgan fingerprint density at radius 3 is 2.26 bits per heavy atom. The Labute approximate surface area is 154 Å². The zero-order chi connectivity index (χ0) is 19.0. The lowest BCUT2D eigenvalue weighted by Crippen LogP contribution is -2.36. The zero-order valence-electron chi connectivity index (χ0n) is 14.1. The first-order chi connectivity index (χ1) is 13.1. The number of carbonyl (C=O) groups is 3. The van der Waals surface area contributed by atoms with Crippen LogP contribution in [-0.4, -0.2) is 22.6 Å². The van der Waals surface area contributed by atoms with Crippen molar-refractivity contribution < 1.29 is 19.1 Å². The molecular weight excluding hydrogens is 344 g/mol. The van der Waals surface area contributed by atoms with Crippen molar-refractivity contribution in [2.45, 2.75) is 0 Å². The molecule has 0 spiro atoms. The maximum atomic E-state index is 12.8. The SMILES string of the molecule is Nc1cccc2c1C(=O)N(C(=O)c1cccc(Oc3ccccc3)c1)C2=O. The molecule has 1 aliphatic rings. The third-order valence-electron chi connectivity index (χ3n) is 4.21. The van der Waals surface area contributed by atoms with Gasteiger partial charge in [-0.1, -0.05) is 30.3 Å². The molecule has 0 aliphatic carbocycles. The molecule has 2 N–H and O–H groups in total. The Hall–Kier alpha value is -3.93. The van der Waals surface area contributed by atoms with Crippen molar-refractivity contribution in [3.63, 3.8) is 0 Å². The van der Waals surface area contributed by atoms with E-state index in [9.17, 15) is 14.4 Å². The van der Waals surface area contributed by atoms with Crippen LogP contribution in [0.4, 0.5) is 5.69 Å². The lowest BCUT2D eigenvalue weighted by molar-refractivity contribution is 0.0566. The smallest absolute Gasteiger partial charge is 0.270 e. The van der Waals surface area contributed by atoms with Gasteiger partial charge in [0.05, 0.1) is 11.1 Å². The minimum absolute atomic E-state index is 0.0625. The summed E-state index contributed by atoms with van der Waals surface area (Å²) in [6, 6.07) is 20.0. The van der Waals surface area contributed by atoms with Crippen LogP contribution in [0.1, 0.15) is 31.1 Å². The number of hydrogen-bond acceptors (Lipinski definition) is 5. The van der Waals surface area contributed by atoms with Crippen LogP contribution in [0.2, 0.25) is 0 Å². The van der Waals surface area contributed by atoms with Gasteiger partial charge in [0.15, 0.2) is 0 Å². The summed E-state index contributed by atoms with van der Waals surface area (Å²) >= 11 is 0. The van der Waals surface area contributed by atoms with Gasteiger partial charge in [-0.25, -0.2) is 4.90 Å². The van der Waals surface area contributed by atoms with E-state index >= 15 is 0 Å². The van der Waals surface area contributed by atoms with Crippen LogP contribution in [0.15, 0.2) is 72.8 Å². The highest BCUT2D eigenvalue weighted by molar-refractivity contribution is 6.32. The number of nitrogens with zero attached hydrogens (tertiary/aromatic N) is 1. The van der Waals surface area contributed by atoms with E-state index in [1.807, 2.05) is 18.2 Å². The van der Waals surface area contributed by atoms with Gasteiger partial charge in [-0.05, 0) is 42.5 Å². The second-order valence-corrected chi connectivity index (χ2v) is 5.96.